The Morgan fingerprint density at radius 2 is 1.74 bits per heavy atom. The molecule has 9 nitrogen and oxygen atoms in total. The predicted molar refractivity (Wildman–Crippen MR) is 144 cm³/mol. The molecule has 11 heteroatoms. The number of hydrogen-bond donors (Lipinski definition) is 0. The minimum Gasteiger partial charge on any atom is -0.494 e. The number of ether oxygens (including phenoxy) is 2. The molecule has 0 bridgehead atoms. The van der Waals surface area contributed by atoms with Crippen molar-refractivity contribution in [1.29, 1.82) is 0 Å². The zero-order valence-electron chi connectivity index (χ0n) is 21.2. The fourth-order valence-corrected chi connectivity index (χ4v) is 5.98. The molecule has 4 aromatic rings. The van der Waals surface area contributed by atoms with Gasteiger partial charge in [-0.25, -0.2) is 8.42 Å². The first-order valence-corrected chi connectivity index (χ1v) is 14.0. The van der Waals surface area contributed by atoms with E-state index in [0.29, 0.717) is 22.7 Å². The highest BCUT2D eigenvalue weighted by Crippen LogP contribution is 2.24. The van der Waals surface area contributed by atoms with Gasteiger partial charge in [0.05, 0.1) is 28.8 Å². The molecule has 0 aliphatic rings. The maximum Gasteiger partial charge on any atom is 0.325 e. The quantitative estimate of drug-likeness (QED) is 0.292. The lowest BCUT2D eigenvalue weighted by atomic mass is 10.2. The highest BCUT2D eigenvalue weighted by atomic mass is 32.2. The maximum absolute atomic E-state index is 13.0. The van der Waals surface area contributed by atoms with Gasteiger partial charge in [-0.05, 0) is 55.0 Å². The highest BCUT2D eigenvalue weighted by Gasteiger charge is 2.21. The number of carbonyl (C=O) groups excluding carboxylic acids is 2. The van der Waals surface area contributed by atoms with Gasteiger partial charge >= 0.3 is 5.97 Å². The van der Waals surface area contributed by atoms with E-state index in [-0.39, 0.29) is 23.5 Å². The van der Waals surface area contributed by atoms with Gasteiger partial charge in [0, 0.05) is 19.2 Å². The SMILES string of the molecule is CCOc1ccc2c(c1)sc(=NC(=O)c1ccc(S(=O)(=O)N(C)Cc3ccccc3)cc1)n2CC(=O)OC. The van der Waals surface area contributed by atoms with E-state index in [1.54, 1.807) is 16.7 Å². The number of rotatable bonds is 9. The Balaban J connectivity index is 1.63. The highest BCUT2D eigenvalue weighted by molar-refractivity contribution is 7.89. The van der Waals surface area contributed by atoms with Crippen LogP contribution in [-0.2, 0) is 32.6 Å². The molecule has 0 unspecified atom stereocenters. The number of carbonyl (C=O) groups is 2. The van der Waals surface area contributed by atoms with Crippen molar-refractivity contribution in [1.82, 2.24) is 8.87 Å². The molecule has 0 saturated carbocycles. The van der Waals surface area contributed by atoms with E-state index in [1.807, 2.05) is 43.3 Å². The number of benzene rings is 3. The topological polar surface area (TPSA) is 107 Å². The Bertz CT molecular complexity index is 1630. The summed E-state index contributed by atoms with van der Waals surface area (Å²) in [7, 11) is -0.961. The Hall–Kier alpha value is -3.80. The van der Waals surface area contributed by atoms with Crippen molar-refractivity contribution in [3.63, 3.8) is 0 Å². The largest absolute Gasteiger partial charge is 0.494 e. The van der Waals surface area contributed by atoms with Crippen LogP contribution in [0.2, 0.25) is 0 Å². The number of amides is 1. The van der Waals surface area contributed by atoms with E-state index < -0.39 is 21.9 Å². The van der Waals surface area contributed by atoms with Gasteiger partial charge in [-0.2, -0.15) is 9.30 Å². The smallest absolute Gasteiger partial charge is 0.325 e. The van der Waals surface area contributed by atoms with E-state index in [4.69, 9.17) is 9.47 Å². The number of methoxy groups -OCH3 is 1. The van der Waals surface area contributed by atoms with E-state index in [9.17, 15) is 18.0 Å². The van der Waals surface area contributed by atoms with Gasteiger partial charge in [0.25, 0.3) is 5.91 Å². The summed E-state index contributed by atoms with van der Waals surface area (Å²) in [5.74, 6) is -0.387. The molecule has 0 radical (unpaired) electrons. The van der Waals surface area contributed by atoms with Crippen molar-refractivity contribution in [2.24, 2.45) is 4.99 Å². The summed E-state index contributed by atoms with van der Waals surface area (Å²) in [4.78, 5) is 29.7. The van der Waals surface area contributed by atoms with E-state index >= 15 is 0 Å². The first-order valence-electron chi connectivity index (χ1n) is 11.8. The van der Waals surface area contributed by atoms with Gasteiger partial charge in [0.2, 0.25) is 10.0 Å². The molecule has 0 atom stereocenters. The summed E-state index contributed by atoms with van der Waals surface area (Å²) in [6.45, 7) is 2.48. The first kappa shape index (κ1) is 27.2. The predicted octanol–water partition coefficient (Wildman–Crippen LogP) is 3.84. The molecule has 0 aliphatic heterocycles. The normalized spacial score (nSPS) is 12.2. The van der Waals surface area contributed by atoms with Gasteiger partial charge in [0.15, 0.2) is 4.80 Å². The molecule has 1 amide bonds. The van der Waals surface area contributed by atoms with Crippen LogP contribution >= 0.6 is 11.3 Å². The summed E-state index contributed by atoms with van der Waals surface area (Å²) in [6, 6.07) is 20.3. The average molecular weight is 554 g/mol. The Labute approximate surface area is 224 Å². The van der Waals surface area contributed by atoms with Crippen molar-refractivity contribution < 1.29 is 27.5 Å². The molecule has 1 heterocycles. The van der Waals surface area contributed by atoms with Crippen molar-refractivity contribution in [2.45, 2.75) is 24.9 Å². The Morgan fingerprint density at radius 1 is 1.03 bits per heavy atom. The van der Waals surface area contributed by atoms with Gasteiger partial charge in [0.1, 0.15) is 12.3 Å². The molecule has 1 aromatic heterocycles. The minimum absolute atomic E-state index is 0.0681. The van der Waals surface area contributed by atoms with Gasteiger partial charge in [-0.3, -0.25) is 9.59 Å². The number of fused-ring (bicyclic) bond motifs is 1. The monoisotopic (exact) mass is 553 g/mol. The molecular formula is C27H27N3O6S2. The Morgan fingerprint density at radius 3 is 2.39 bits per heavy atom. The molecule has 0 fully saturated rings. The van der Waals surface area contributed by atoms with Crippen LogP contribution in [0.4, 0.5) is 0 Å². The number of hydrogen-bond acceptors (Lipinski definition) is 7. The molecule has 0 aliphatic carbocycles. The third kappa shape index (κ3) is 6.01. The standard InChI is InChI=1S/C27H27N3O6S2/c1-4-36-21-12-15-23-24(16-21)37-27(30(23)18-25(31)35-3)28-26(32)20-10-13-22(14-11-20)38(33,34)29(2)17-19-8-6-5-7-9-19/h5-16H,4,17-18H2,1-3H3. The summed E-state index contributed by atoms with van der Waals surface area (Å²) in [6.07, 6.45) is 0. The summed E-state index contributed by atoms with van der Waals surface area (Å²) < 4.78 is 40.1. The number of sulfonamides is 1. The van der Waals surface area contributed by atoms with Crippen molar-refractivity contribution in [2.75, 3.05) is 20.8 Å². The van der Waals surface area contributed by atoms with Crippen LogP contribution in [0, 0.1) is 0 Å². The second-order valence-corrected chi connectivity index (χ2v) is 11.4. The number of aromatic nitrogens is 1. The summed E-state index contributed by atoms with van der Waals surface area (Å²) in [5, 5.41) is 0. The fraction of sp³-hybridized carbons (Fsp3) is 0.222. The second-order valence-electron chi connectivity index (χ2n) is 8.30. The van der Waals surface area contributed by atoms with Crippen molar-refractivity contribution >= 4 is 43.5 Å². The fourth-order valence-electron chi connectivity index (χ4n) is 3.77. The van der Waals surface area contributed by atoms with E-state index in [1.165, 1.54) is 54.1 Å². The number of thiazole rings is 1. The first-order chi connectivity index (χ1) is 18.2. The average Bonchev–Trinajstić information content (AvgIpc) is 3.25. The van der Waals surface area contributed by atoms with Gasteiger partial charge in [-0.1, -0.05) is 41.7 Å². The van der Waals surface area contributed by atoms with Crippen molar-refractivity contribution in [3.8, 4) is 5.75 Å². The molecule has 0 N–H and O–H groups in total. The van der Waals surface area contributed by atoms with Crippen LogP contribution in [0.1, 0.15) is 22.8 Å². The summed E-state index contributed by atoms with van der Waals surface area (Å²) in [5.41, 5.74) is 1.78. The zero-order chi connectivity index (χ0) is 27.3. The molecule has 0 spiro atoms. The lowest BCUT2D eigenvalue weighted by molar-refractivity contribution is -0.141. The van der Waals surface area contributed by atoms with E-state index in [0.717, 1.165) is 10.3 Å². The van der Waals surface area contributed by atoms with E-state index in [2.05, 4.69) is 4.99 Å². The number of nitrogens with zero attached hydrogens (tertiary/aromatic N) is 3. The van der Waals surface area contributed by atoms with Crippen molar-refractivity contribution in [3.05, 3.63) is 88.7 Å². The summed E-state index contributed by atoms with van der Waals surface area (Å²) >= 11 is 1.24. The molecule has 198 valence electrons. The van der Waals surface area contributed by atoms with Crippen LogP contribution in [0.25, 0.3) is 10.2 Å². The third-order valence-corrected chi connectivity index (χ3v) is 8.59. The minimum atomic E-state index is -3.76. The maximum atomic E-state index is 13.0. The van der Waals surface area contributed by atoms with Gasteiger partial charge < -0.3 is 14.0 Å². The van der Waals surface area contributed by atoms with Crippen LogP contribution in [0.15, 0.2) is 82.7 Å². The van der Waals surface area contributed by atoms with Crippen LogP contribution < -0.4 is 9.54 Å². The molecule has 38 heavy (non-hydrogen) atoms. The molecular weight excluding hydrogens is 526 g/mol. The molecule has 4 rings (SSSR count). The zero-order valence-corrected chi connectivity index (χ0v) is 22.8. The molecule has 3 aromatic carbocycles. The molecule has 0 saturated heterocycles. The van der Waals surface area contributed by atoms with Crippen LogP contribution in [-0.4, -0.2) is 49.9 Å². The lowest BCUT2D eigenvalue weighted by Gasteiger charge is -2.17. The Kier molecular flexibility index (Phi) is 8.40. The van der Waals surface area contributed by atoms with Crippen LogP contribution in [0.5, 0.6) is 5.75 Å². The van der Waals surface area contributed by atoms with Gasteiger partial charge in [-0.15, -0.1) is 0 Å². The second kappa shape index (κ2) is 11.7. The third-order valence-electron chi connectivity index (χ3n) is 5.73. The number of esters is 1. The lowest BCUT2D eigenvalue weighted by Crippen LogP contribution is -2.26. The van der Waals surface area contributed by atoms with Crippen LogP contribution in [0.3, 0.4) is 0 Å².